The highest BCUT2D eigenvalue weighted by atomic mass is 19.4. The van der Waals surface area contributed by atoms with E-state index in [1.807, 2.05) is 0 Å². The number of halogens is 3. The van der Waals surface area contributed by atoms with Crippen molar-refractivity contribution in [2.75, 3.05) is 24.7 Å². The molecule has 0 bridgehead atoms. The highest BCUT2D eigenvalue weighted by Crippen LogP contribution is 2.43. The van der Waals surface area contributed by atoms with Gasteiger partial charge >= 0.3 is 6.18 Å². The number of anilines is 2. The molecule has 0 saturated heterocycles. The van der Waals surface area contributed by atoms with E-state index >= 15 is 0 Å². The maximum absolute atomic E-state index is 13.9. The molecule has 4 N–H and O–H groups in total. The minimum absolute atomic E-state index is 0.0630. The number of Topliss-reactive ketones (excluding diaryl/α,β-unsaturated/α-hetero) is 1. The van der Waals surface area contributed by atoms with Gasteiger partial charge in [-0.25, -0.2) is 0 Å². The normalized spacial score (nSPS) is 13.2. The van der Waals surface area contributed by atoms with Crippen LogP contribution >= 0.6 is 0 Å². The van der Waals surface area contributed by atoms with Gasteiger partial charge in [0.2, 0.25) is 0 Å². The number of hydrogen-bond acceptors (Lipinski definition) is 5. The molecular formula is C24H23F3N2O3. The predicted molar refractivity (Wildman–Crippen MR) is 117 cm³/mol. The largest absolute Gasteiger partial charge is 0.490 e. The summed E-state index contributed by atoms with van der Waals surface area (Å²) < 4.78 is 52.8. The first-order valence-corrected chi connectivity index (χ1v) is 9.80. The van der Waals surface area contributed by atoms with Crippen LogP contribution in [-0.4, -0.2) is 25.2 Å². The van der Waals surface area contributed by atoms with Crippen molar-refractivity contribution in [1.29, 1.82) is 0 Å². The summed E-state index contributed by atoms with van der Waals surface area (Å²) in [6, 6.07) is 17.6. The summed E-state index contributed by atoms with van der Waals surface area (Å²) in [4.78, 5) is 12.9. The summed E-state index contributed by atoms with van der Waals surface area (Å²) in [5.41, 5.74) is 9.52. The monoisotopic (exact) mass is 444 g/mol. The van der Waals surface area contributed by atoms with Crippen LogP contribution in [0, 0.1) is 0 Å². The lowest BCUT2D eigenvalue weighted by molar-refractivity contribution is -0.170. The molecule has 0 aliphatic rings. The molecule has 0 aliphatic heterocycles. The number of ether oxygens (including phenoxy) is 2. The SMILES string of the molecule is CC(C(=O)c1ccc(OCCOc2ccc(N)cc2N)cc1)(c1ccccc1)C(F)(F)F. The van der Waals surface area contributed by atoms with Crippen molar-refractivity contribution < 1.29 is 27.4 Å². The van der Waals surface area contributed by atoms with Gasteiger partial charge in [-0.05, 0) is 55.0 Å². The first-order valence-electron chi connectivity index (χ1n) is 9.80. The smallest absolute Gasteiger partial charge is 0.405 e. The molecule has 0 aromatic heterocycles. The van der Waals surface area contributed by atoms with Gasteiger partial charge in [0.25, 0.3) is 0 Å². The average Bonchev–Trinajstić information content (AvgIpc) is 2.77. The summed E-state index contributed by atoms with van der Waals surface area (Å²) in [5.74, 6) is -0.176. The lowest BCUT2D eigenvalue weighted by atomic mass is 9.75. The van der Waals surface area contributed by atoms with E-state index in [0.717, 1.165) is 6.92 Å². The Morgan fingerprint density at radius 2 is 1.50 bits per heavy atom. The molecule has 1 atom stereocenters. The fourth-order valence-electron chi connectivity index (χ4n) is 3.20. The standard InChI is InChI=1S/C24H23F3N2O3/c1-23(24(25,26)27,17-5-3-2-4-6-17)22(30)16-7-10-19(11-8-16)31-13-14-32-21-12-9-18(28)15-20(21)29/h2-12,15H,13-14,28-29H2,1H3. The van der Waals surface area contributed by atoms with Gasteiger partial charge in [0, 0.05) is 11.3 Å². The first kappa shape index (κ1) is 23.0. The molecular weight excluding hydrogens is 421 g/mol. The quantitative estimate of drug-likeness (QED) is 0.290. The van der Waals surface area contributed by atoms with Gasteiger partial charge < -0.3 is 20.9 Å². The Bertz CT molecular complexity index is 1070. The molecule has 0 fully saturated rings. The van der Waals surface area contributed by atoms with Gasteiger partial charge in [0.15, 0.2) is 11.2 Å². The molecule has 3 rings (SSSR count). The predicted octanol–water partition coefficient (Wildman–Crippen LogP) is 5.01. The van der Waals surface area contributed by atoms with Crippen LogP contribution in [0.1, 0.15) is 22.8 Å². The Balaban J connectivity index is 1.66. The lowest BCUT2D eigenvalue weighted by Gasteiger charge is -2.31. The zero-order valence-corrected chi connectivity index (χ0v) is 17.4. The van der Waals surface area contributed by atoms with Crippen molar-refractivity contribution in [3.8, 4) is 11.5 Å². The molecule has 1 unspecified atom stereocenters. The third kappa shape index (κ3) is 4.80. The zero-order valence-electron chi connectivity index (χ0n) is 17.4. The summed E-state index contributed by atoms with van der Waals surface area (Å²) >= 11 is 0. The maximum Gasteiger partial charge on any atom is 0.405 e. The molecule has 0 heterocycles. The molecule has 3 aromatic rings. The highest BCUT2D eigenvalue weighted by molar-refractivity contribution is 6.04. The third-order valence-electron chi connectivity index (χ3n) is 5.13. The van der Waals surface area contributed by atoms with E-state index in [2.05, 4.69) is 0 Å². The topological polar surface area (TPSA) is 87.6 Å². The third-order valence-corrected chi connectivity index (χ3v) is 5.13. The molecule has 32 heavy (non-hydrogen) atoms. The molecule has 0 aliphatic carbocycles. The number of rotatable bonds is 8. The Hall–Kier alpha value is -3.68. The van der Waals surface area contributed by atoms with Crippen LogP contribution in [0.5, 0.6) is 11.5 Å². The van der Waals surface area contributed by atoms with E-state index in [0.29, 0.717) is 22.9 Å². The number of nitrogens with two attached hydrogens (primary N) is 2. The number of carbonyl (C=O) groups is 1. The fraction of sp³-hybridized carbons (Fsp3) is 0.208. The van der Waals surface area contributed by atoms with Crippen LogP contribution in [0.4, 0.5) is 24.5 Å². The second kappa shape index (κ2) is 9.21. The number of alkyl halides is 3. The maximum atomic E-state index is 13.9. The van der Waals surface area contributed by atoms with Gasteiger partial charge in [-0.15, -0.1) is 0 Å². The van der Waals surface area contributed by atoms with Gasteiger partial charge in [-0.1, -0.05) is 30.3 Å². The number of benzene rings is 3. The summed E-state index contributed by atoms with van der Waals surface area (Å²) in [5, 5.41) is 0. The van der Waals surface area contributed by atoms with E-state index in [4.69, 9.17) is 20.9 Å². The van der Waals surface area contributed by atoms with Gasteiger partial charge in [0.1, 0.15) is 24.7 Å². The van der Waals surface area contributed by atoms with Crippen molar-refractivity contribution in [3.05, 3.63) is 83.9 Å². The second-order valence-electron chi connectivity index (χ2n) is 7.34. The Kier molecular flexibility index (Phi) is 6.62. The minimum atomic E-state index is -4.76. The second-order valence-corrected chi connectivity index (χ2v) is 7.34. The number of nitrogen functional groups attached to an aromatic ring is 2. The van der Waals surface area contributed by atoms with Crippen LogP contribution in [0.25, 0.3) is 0 Å². The van der Waals surface area contributed by atoms with Crippen LogP contribution < -0.4 is 20.9 Å². The summed E-state index contributed by atoms with van der Waals surface area (Å²) in [6.07, 6.45) is -4.76. The van der Waals surface area contributed by atoms with E-state index in [-0.39, 0.29) is 24.3 Å². The average molecular weight is 444 g/mol. The Morgan fingerprint density at radius 1 is 0.875 bits per heavy atom. The molecule has 8 heteroatoms. The van der Waals surface area contributed by atoms with E-state index in [1.165, 1.54) is 48.5 Å². The van der Waals surface area contributed by atoms with Crippen molar-refractivity contribution in [1.82, 2.24) is 0 Å². The van der Waals surface area contributed by atoms with Crippen molar-refractivity contribution in [2.24, 2.45) is 0 Å². The Labute approximate surface area is 183 Å². The van der Waals surface area contributed by atoms with Gasteiger partial charge in [0.05, 0.1) is 5.69 Å². The highest BCUT2D eigenvalue weighted by Gasteiger charge is 2.57. The number of hydrogen-bond donors (Lipinski definition) is 2. The zero-order chi connectivity index (χ0) is 23.4. The first-order chi connectivity index (χ1) is 15.1. The number of ketones is 1. The molecule has 5 nitrogen and oxygen atoms in total. The van der Waals surface area contributed by atoms with Crippen LogP contribution in [0.15, 0.2) is 72.8 Å². The van der Waals surface area contributed by atoms with Gasteiger partial charge in [-0.2, -0.15) is 13.2 Å². The lowest BCUT2D eigenvalue weighted by Crippen LogP contribution is -2.46. The van der Waals surface area contributed by atoms with Crippen molar-refractivity contribution in [2.45, 2.75) is 18.5 Å². The van der Waals surface area contributed by atoms with E-state index < -0.39 is 17.4 Å². The number of carbonyl (C=O) groups excluding carboxylic acids is 1. The van der Waals surface area contributed by atoms with E-state index in [9.17, 15) is 18.0 Å². The molecule has 168 valence electrons. The van der Waals surface area contributed by atoms with Crippen LogP contribution in [0.3, 0.4) is 0 Å². The summed E-state index contributed by atoms with van der Waals surface area (Å²) in [6.45, 7) is 1.26. The van der Waals surface area contributed by atoms with Crippen molar-refractivity contribution in [3.63, 3.8) is 0 Å². The molecule has 0 saturated carbocycles. The van der Waals surface area contributed by atoms with Gasteiger partial charge in [-0.3, -0.25) is 4.79 Å². The van der Waals surface area contributed by atoms with Crippen LogP contribution in [-0.2, 0) is 5.41 Å². The molecule has 0 spiro atoms. The Morgan fingerprint density at radius 3 is 2.09 bits per heavy atom. The molecule has 0 amide bonds. The van der Waals surface area contributed by atoms with Crippen molar-refractivity contribution >= 4 is 17.2 Å². The summed E-state index contributed by atoms with van der Waals surface area (Å²) in [7, 11) is 0. The fourth-order valence-corrected chi connectivity index (χ4v) is 3.20. The van der Waals surface area contributed by atoms with E-state index in [1.54, 1.807) is 24.3 Å². The van der Waals surface area contributed by atoms with Crippen LogP contribution in [0.2, 0.25) is 0 Å². The molecule has 3 aromatic carbocycles. The molecule has 0 radical (unpaired) electrons. The minimum Gasteiger partial charge on any atom is -0.490 e.